The summed E-state index contributed by atoms with van der Waals surface area (Å²) in [6.07, 6.45) is 2.67. The number of carbonyl (C=O) groups is 2. The number of urea groups is 1. The van der Waals surface area contributed by atoms with E-state index in [1.54, 1.807) is 25.9 Å². The van der Waals surface area contributed by atoms with Gasteiger partial charge in [0.2, 0.25) is 5.89 Å². The van der Waals surface area contributed by atoms with Crippen molar-refractivity contribution in [2.24, 2.45) is 11.7 Å². The van der Waals surface area contributed by atoms with Crippen LogP contribution in [0.5, 0.6) is 11.5 Å². The lowest BCUT2D eigenvalue weighted by Crippen LogP contribution is -2.43. The van der Waals surface area contributed by atoms with E-state index in [-0.39, 0.29) is 46.8 Å². The molecule has 2 heterocycles. The predicted molar refractivity (Wildman–Crippen MR) is 126 cm³/mol. The van der Waals surface area contributed by atoms with Crippen molar-refractivity contribution < 1.29 is 32.3 Å². The van der Waals surface area contributed by atoms with E-state index < -0.39 is 12.7 Å². The first-order chi connectivity index (χ1) is 17.1. The number of nitrogens with two attached hydrogens (primary N) is 1. The van der Waals surface area contributed by atoms with Gasteiger partial charge in [-0.15, -0.1) is 0 Å². The summed E-state index contributed by atoms with van der Waals surface area (Å²) >= 11 is 0. The van der Waals surface area contributed by atoms with Gasteiger partial charge in [0.1, 0.15) is 0 Å². The molecule has 0 spiro atoms. The molecule has 1 aliphatic carbocycles. The van der Waals surface area contributed by atoms with E-state index in [0.717, 1.165) is 12.8 Å². The number of likely N-dealkylation sites (tertiary alicyclic amines) is 1. The Hall–Kier alpha value is -3.41. The highest BCUT2D eigenvalue weighted by Gasteiger charge is 2.33. The molecule has 2 aromatic rings. The average molecular weight is 508 g/mol. The van der Waals surface area contributed by atoms with E-state index in [2.05, 4.69) is 15.0 Å². The third-order valence-electron chi connectivity index (χ3n) is 6.06. The number of halogens is 2. The zero-order chi connectivity index (χ0) is 26.0. The van der Waals surface area contributed by atoms with Crippen LogP contribution in [-0.2, 0) is 0 Å². The van der Waals surface area contributed by atoms with Gasteiger partial charge in [0.15, 0.2) is 23.0 Å². The first-order valence-electron chi connectivity index (χ1n) is 11.9. The van der Waals surface area contributed by atoms with Gasteiger partial charge in [0, 0.05) is 38.8 Å². The van der Waals surface area contributed by atoms with Crippen LogP contribution in [0.2, 0.25) is 0 Å². The lowest BCUT2D eigenvalue weighted by atomic mass is 10.2. The van der Waals surface area contributed by atoms with Crippen molar-refractivity contribution in [3.63, 3.8) is 0 Å². The second kappa shape index (κ2) is 10.7. The van der Waals surface area contributed by atoms with Crippen molar-refractivity contribution in [1.82, 2.24) is 20.1 Å². The van der Waals surface area contributed by atoms with Crippen LogP contribution in [0.1, 0.15) is 48.5 Å². The van der Waals surface area contributed by atoms with Gasteiger partial charge in [0.05, 0.1) is 12.6 Å². The summed E-state index contributed by atoms with van der Waals surface area (Å²) in [6.45, 7) is -0.158. The Labute approximate surface area is 207 Å². The number of benzene rings is 1. The Balaban J connectivity index is 1.56. The quantitative estimate of drug-likeness (QED) is 0.534. The number of rotatable bonds is 9. The maximum absolute atomic E-state index is 13.3. The van der Waals surface area contributed by atoms with E-state index in [0.29, 0.717) is 37.6 Å². The minimum atomic E-state index is -3.00. The van der Waals surface area contributed by atoms with Crippen LogP contribution in [0.25, 0.3) is 11.5 Å². The lowest BCUT2D eigenvalue weighted by molar-refractivity contribution is -0.0515. The standard InChI is InChI=1S/C24H31F2N5O5/c1-13(27)20-19(22(32)31-9-8-16(11-31)28-24(33)30(2)3)29-21(36-20)15-6-7-17(35-23(25)26)18(10-15)34-12-14-4-5-14/h6-7,10,13-14,16,23H,4-5,8-9,11-12,27H2,1-3H3,(H,28,33)/t13-,16+/m0/s1. The minimum absolute atomic E-state index is 0.0768. The van der Waals surface area contributed by atoms with Crippen molar-refractivity contribution in [2.75, 3.05) is 33.8 Å². The van der Waals surface area contributed by atoms with E-state index >= 15 is 0 Å². The molecule has 2 fully saturated rings. The molecule has 36 heavy (non-hydrogen) atoms. The molecule has 1 saturated carbocycles. The van der Waals surface area contributed by atoms with Crippen molar-refractivity contribution in [1.29, 1.82) is 0 Å². The van der Waals surface area contributed by atoms with Gasteiger partial charge in [-0.3, -0.25) is 4.79 Å². The van der Waals surface area contributed by atoms with Crippen LogP contribution in [0.3, 0.4) is 0 Å². The van der Waals surface area contributed by atoms with Gasteiger partial charge >= 0.3 is 12.6 Å². The van der Waals surface area contributed by atoms with Crippen molar-refractivity contribution in [3.8, 4) is 23.0 Å². The fourth-order valence-corrected chi connectivity index (χ4v) is 3.87. The number of oxazole rings is 1. The van der Waals surface area contributed by atoms with Gasteiger partial charge < -0.3 is 34.7 Å². The Morgan fingerprint density at radius 3 is 2.67 bits per heavy atom. The Morgan fingerprint density at radius 2 is 2.03 bits per heavy atom. The molecular formula is C24H31F2N5O5. The van der Waals surface area contributed by atoms with Crippen LogP contribution in [-0.4, -0.2) is 73.2 Å². The number of amides is 3. The molecule has 10 nitrogen and oxygen atoms in total. The zero-order valence-electron chi connectivity index (χ0n) is 20.5. The Kier molecular flexibility index (Phi) is 7.62. The number of alkyl halides is 2. The molecule has 0 unspecified atom stereocenters. The fraction of sp³-hybridized carbons (Fsp3) is 0.542. The van der Waals surface area contributed by atoms with Crippen LogP contribution in [0.15, 0.2) is 22.6 Å². The minimum Gasteiger partial charge on any atom is -0.489 e. The average Bonchev–Trinajstić information content (AvgIpc) is 3.35. The van der Waals surface area contributed by atoms with Crippen molar-refractivity contribution >= 4 is 11.9 Å². The number of aromatic nitrogens is 1. The SMILES string of the molecule is C[C@H](N)c1oc(-c2ccc(OC(F)F)c(OCC3CC3)c2)nc1C(=O)N1CC[C@@H](NC(=O)N(C)C)C1. The maximum atomic E-state index is 13.3. The van der Waals surface area contributed by atoms with Crippen LogP contribution in [0.4, 0.5) is 13.6 Å². The molecule has 1 aromatic heterocycles. The van der Waals surface area contributed by atoms with Gasteiger partial charge in [-0.1, -0.05) is 0 Å². The summed E-state index contributed by atoms with van der Waals surface area (Å²) in [6, 6.07) is 3.35. The molecule has 3 N–H and O–H groups in total. The molecule has 1 aromatic carbocycles. The molecule has 1 saturated heterocycles. The Bertz CT molecular complexity index is 1100. The number of carbonyl (C=O) groups excluding carboxylic acids is 2. The topological polar surface area (TPSA) is 123 Å². The zero-order valence-corrected chi connectivity index (χ0v) is 20.5. The molecule has 4 rings (SSSR count). The summed E-state index contributed by atoms with van der Waals surface area (Å²) in [4.78, 5) is 32.7. The van der Waals surface area contributed by atoms with Crippen molar-refractivity contribution in [2.45, 2.75) is 44.9 Å². The first kappa shape index (κ1) is 25.7. The second-order valence-corrected chi connectivity index (χ2v) is 9.40. The van der Waals surface area contributed by atoms with E-state index in [1.165, 1.54) is 23.1 Å². The molecule has 196 valence electrons. The summed E-state index contributed by atoms with van der Waals surface area (Å²) in [5.74, 6) is 0.420. The summed E-state index contributed by atoms with van der Waals surface area (Å²) in [5.41, 5.74) is 6.58. The first-order valence-corrected chi connectivity index (χ1v) is 11.9. The van der Waals surface area contributed by atoms with Gasteiger partial charge in [-0.05, 0) is 50.3 Å². The number of hydrogen-bond donors (Lipinski definition) is 2. The highest BCUT2D eigenvalue weighted by molar-refractivity contribution is 5.94. The van der Waals surface area contributed by atoms with Gasteiger partial charge in [0.25, 0.3) is 5.91 Å². The third kappa shape index (κ3) is 6.04. The van der Waals surface area contributed by atoms with Crippen molar-refractivity contribution in [3.05, 3.63) is 29.7 Å². The summed E-state index contributed by atoms with van der Waals surface area (Å²) < 4.78 is 41.9. The number of nitrogens with one attached hydrogen (secondary N) is 1. The molecule has 2 atom stereocenters. The van der Waals surface area contributed by atoms with E-state index in [1.807, 2.05) is 0 Å². The van der Waals surface area contributed by atoms with Gasteiger partial charge in [-0.2, -0.15) is 8.78 Å². The molecule has 12 heteroatoms. The third-order valence-corrected chi connectivity index (χ3v) is 6.06. The molecule has 0 radical (unpaired) electrons. The van der Waals surface area contributed by atoms with E-state index in [9.17, 15) is 18.4 Å². The largest absolute Gasteiger partial charge is 0.489 e. The number of ether oxygens (including phenoxy) is 2. The highest BCUT2D eigenvalue weighted by Crippen LogP contribution is 2.37. The number of hydrogen-bond acceptors (Lipinski definition) is 7. The molecular weight excluding hydrogens is 476 g/mol. The van der Waals surface area contributed by atoms with Gasteiger partial charge in [-0.25, -0.2) is 9.78 Å². The summed E-state index contributed by atoms with van der Waals surface area (Å²) in [7, 11) is 3.29. The molecule has 2 aliphatic rings. The number of nitrogens with zero attached hydrogens (tertiary/aromatic N) is 3. The van der Waals surface area contributed by atoms with Crippen LogP contribution >= 0.6 is 0 Å². The van der Waals surface area contributed by atoms with E-state index in [4.69, 9.17) is 14.9 Å². The second-order valence-electron chi connectivity index (χ2n) is 9.40. The predicted octanol–water partition coefficient (Wildman–Crippen LogP) is 3.24. The monoisotopic (exact) mass is 507 g/mol. The molecule has 3 amide bonds. The lowest BCUT2D eigenvalue weighted by Gasteiger charge is -2.18. The molecule has 0 bridgehead atoms. The smallest absolute Gasteiger partial charge is 0.387 e. The normalized spacial score (nSPS) is 18.3. The fourth-order valence-electron chi connectivity index (χ4n) is 3.87. The maximum Gasteiger partial charge on any atom is 0.387 e. The van der Waals surface area contributed by atoms with Crippen LogP contribution < -0.4 is 20.5 Å². The Morgan fingerprint density at radius 1 is 1.28 bits per heavy atom. The van der Waals surface area contributed by atoms with Crippen LogP contribution in [0, 0.1) is 5.92 Å². The highest BCUT2D eigenvalue weighted by atomic mass is 19.3. The molecule has 1 aliphatic heterocycles. The summed E-state index contributed by atoms with van der Waals surface area (Å²) in [5, 5.41) is 2.88.